The molecule has 0 saturated carbocycles. The number of imide groups is 1. The molecule has 0 aliphatic carbocycles. The molecule has 1 saturated heterocycles. The smallest absolute Gasteiger partial charge is 0.278 e. The van der Waals surface area contributed by atoms with Crippen molar-refractivity contribution < 1.29 is 14.3 Å². The molecule has 2 heterocycles. The first-order chi connectivity index (χ1) is 15.8. The lowest BCUT2D eigenvalue weighted by molar-refractivity contribution is -0.136. The van der Waals surface area contributed by atoms with Crippen LogP contribution in [-0.4, -0.2) is 61.0 Å². The molecule has 0 atom stereocenters. The summed E-state index contributed by atoms with van der Waals surface area (Å²) in [5.74, 6) is -0.558. The normalized spacial score (nSPS) is 17.3. The summed E-state index contributed by atoms with van der Waals surface area (Å²) in [4.78, 5) is 30.5. The fourth-order valence-electron chi connectivity index (χ4n) is 4.15. The second-order valence-electron chi connectivity index (χ2n) is 8.71. The van der Waals surface area contributed by atoms with Gasteiger partial charge in [0.05, 0.1) is 18.8 Å². The number of aryl methyl sites for hydroxylation is 3. The summed E-state index contributed by atoms with van der Waals surface area (Å²) in [6, 6.07) is 11.4. The molecule has 2 aromatic rings. The van der Waals surface area contributed by atoms with Gasteiger partial charge in [-0.25, -0.2) is 0 Å². The zero-order valence-corrected chi connectivity index (χ0v) is 20.2. The van der Waals surface area contributed by atoms with E-state index in [2.05, 4.69) is 10.2 Å². The van der Waals surface area contributed by atoms with Crippen molar-refractivity contribution in [1.82, 2.24) is 9.80 Å². The number of rotatable bonds is 7. The Kier molecular flexibility index (Phi) is 7.17. The highest BCUT2D eigenvalue weighted by Crippen LogP contribution is 2.32. The number of carbonyl (C=O) groups is 2. The lowest BCUT2D eigenvalue weighted by Crippen LogP contribution is -2.39. The molecule has 4 rings (SSSR count). The zero-order chi connectivity index (χ0) is 23.5. The van der Waals surface area contributed by atoms with E-state index in [1.165, 1.54) is 4.90 Å². The number of anilines is 1. The van der Waals surface area contributed by atoms with Crippen LogP contribution in [0.3, 0.4) is 0 Å². The van der Waals surface area contributed by atoms with Gasteiger partial charge in [-0.1, -0.05) is 35.9 Å². The van der Waals surface area contributed by atoms with Gasteiger partial charge in [-0.2, -0.15) is 0 Å². The first kappa shape index (κ1) is 23.5. The highest BCUT2D eigenvalue weighted by atomic mass is 35.5. The molecule has 0 spiro atoms. The average Bonchev–Trinajstić information content (AvgIpc) is 3.03. The average molecular weight is 468 g/mol. The summed E-state index contributed by atoms with van der Waals surface area (Å²) < 4.78 is 5.40. The van der Waals surface area contributed by atoms with Crippen LogP contribution in [0.15, 0.2) is 42.1 Å². The second kappa shape index (κ2) is 10.1. The number of hydrogen-bond donors (Lipinski definition) is 1. The Morgan fingerprint density at radius 1 is 0.909 bits per heavy atom. The van der Waals surface area contributed by atoms with Crippen LogP contribution in [0.2, 0.25) is 5.02 Å². The van der Waals surface area contributed by atoms with Crippen LogP contribution in [0, 0.1) is 20.8 Å². The van der Waals surface area contributed by atoms with Crippen LogP contribution >= 0.6 is 11.6 Å². The van der Waals surface area contributed by atoms with Gasteiger partial charge < -0.3 is 10.1 Å². The fraction of sp³-hybridized carbons (Fsp3) is 0.385. The van der Waals surface area contributed by atoms with E-state index in [4.69, 9.17) is 16.3 Å². The molecule has 2 amide bonds. The Morgan fingerprint density at radius 2 is 1.64 bits per heavy atom. The lowest BCUT2D eigenvalue weighted by atomic mass is 9.99. The first-order valence-corrected chi connectivity index (χ1v) is 11.7. The van der Waals surface area contributed by atoms with Crippen LogP contribution in [0.25, 0.3) is 5.57 Å². The summed E-state index contributed by atoms with van der Waals surface area (Å²) in [6.07, 6.45) is 0.724. The van der Waals surface area contributed by atoms with Gasteiger partial charge >= 0.3 is 0 Å². The van der Waals surface area contributed by atoms with E-state index < -0.39 is 0 Å². The standard InChI is InChI=1S/C26H30ClN3O3/c1-17-5-7-20(15-19(17)3)23-24(28-21-8-6-18(2)22(27)16-21)26(32)30(25(23)31)10-4-9-29-11-13-33-14-12-29/h5-8,15-16,28H,4,9-14H2,1-3H3. The Hall–Kier alpha value is -2.67. The summed E-state index contributed by atoms with van der Waals surface area (Å²) in [5.41, 5.74) is 5.29. The molecule has 6 nitrogen and oxygen atoms in total. The third-order valence-electron chi connectivity index (χ3n) is 6.36. The van der Waals surface area contributed by atoms with Crippen molar-refractivity contribution in [2.24, 2.45) is 0 Å². The summed E-state index contributed by atoms with van der Waals surface area (Å²) >= 11 is 6.30. The highest BCUT2D eigenvalue weighted by Gasteiger charge is 2.39. The van der Waals surface area contributed by atoms with Crippen LogP contribution in [0.5, 0.6) is 0 Å². The maximum Gasteiger partial charge on any atom is 0.278 e. The molecule has 1 N–H and O–H groups in total. The molecule has 174 valence electrons. The molecular weight excluding hydrogens is 438 g/mol. The van der Waals surface area contributed by atoms with Crippen molar-refractivity contribution in [2.75, 3.05) is 44.7 Å². The Labute approximate surface area is 200 Å². The van der Waals surface area contributed by atoms with E-state index in [-0.39, 0.29) is 11.8 Å². The number of benzene rings is 2. The zero-order valence-electron chi connectivity index (χ0n) is 19.4. The maximum atomic E-state index is 13.5. The van der Waals surface area contributed by atoms with Gasteiger partial charge in [-0.05, 0) is 61.6 Å². The van der Waals surface area contributed by atoms with E-state index in [9.17, 15) is 9.59 Å². The van der Waals surface area contributed by atoms with E-state index >= 15 is 0 Å². The minimum absolute atomic E-state index is 0.258. The minimum atomic E-state index is -0.299. The summed E-state index contributed by atoms with van der Waals surface area (Å²) in [6.45, 7) is 10.4. The van der Waals surface area contributed by atoms with Crippen molar-refractivity contribution in [3.05, 3.63) is 69.4 Å². The summed E-state index contributed by atoms with van der Waals surface area (Å²) in [5, 5.41) is 3.80. The van der Waals surface area contributed by atoms with E-state index in [0.717, 1.165) is 61.5 Å². The largest absolute Gasteiger partial charge is 0.379 e. The van der Waals surface area contributed by atoms with Gasteiger partial charge in [0.25, 0.3) is 11.8 Å². The lowest BCUT2D eigenvalue weighted by Gasteiger charge is -2.27. The molecule has 0 unspecified atom stereocenters. The molecule has 0 aromatic heterocycles. The monoisotopic (exact) mass is 467 g/mol. The van der Waals surface area contributed by atoms with Crippen molar-refractivity contribution in [3.63, 3.8) is 0 Å². The van der Waals surface area contributed by atoms with E-state index in [1.54, 1.807) is 6.07 Å². The van der Waals surface area contributed by atoms with Crippen molar-refractivity contribution >= 4 is 34.7 Å². The molecule has 33 heavy (non-hydrogen) atoms. The van der Waals surface area contributed by atoms with Gasteiger partial charge in [-0.3, -0.25) is 19.4 Å². The van der Waals surface area contributed by atoms with Crippen LogP contribution in [0.4, 0.5) is 5.69 Å². The molecule has 0 radical (unpaired) electrons. The van der Waals surface area contributed by atoms with Crippen molar-refractivity contribution in [2.45, 2.75) is 27.2 Å². The number of ether oxygens (including phenoxy) is 1. The Balaban J connectivity index is 1.60. The van der Waals surface area contributed by atoms with Gasteiger partial charge in [-0.15, -0.1) is 0 Å². The van der Waals surface area contributed by atoms with Gasteiger partial charge in [0.1, 0.15) is 5.70 Å². The number of amides is 2. The molecule has 7 heteroatoms. The fourth-order valence-corrected chi connectivity index (χ4v) is 4.33. The summed E-state index contributed by atoms with van der Waals surface area (Å²) in [7, 11) is 0. The number of carbonyl (C=O) groups excluding carboxylic acids is 2. The van der Waals surface area contributed by atoms with Gasteiger partial charge in [0.2, 0.25) is 0 Å². The number of nitrogens with zero attached hydrogens (tertiary/aromatic N) is 2. The number of morpholine rings is 1. The number of hydrogen-bond acceptors (Lipinski definition) is 5. The molecule has 2 aliphatic heterocycles. The topological polar surface area (TPSA) is 61.9 Å². The number of halogens is 1. The van der Waals surface area contributed by atoms with E-state index in [1.807, 2.05) is 51.1 Å². The number of nitrogens with one attached hydrogen (secondary N) is 1. The second-order valence-corrected chi connectivity index (χ2v) is 9.11. The van der Waals surface area contributed by atoms with Gasteiger partial charge in [0.15, 0.2) is 0 Å². The van der Waals surface area contributed by atoms with Crippen LogP contribution in [0.1, 0.15) is 28.7 Å². The third kappa shape index (κ3) is 5.13. The predicted octanol–water partition coefficient (Wildman–Crippen LogP) is 4.18. The SMILES string of the molecule is Cc1ccc(C2=C(Nc3ccc(C)c(Cl)c3)C(=O)N(CCCN3CCOCC3)C2=O)cc1C. The molecular formula is C26H30ClN3O3. The Bertz CT molecular complexity index is 1110. The molecule has 1 fully saturated rings. The van der Waals surface area contributed by atoms with Gasteiger partial charge in [0, 0.05) is 36.9 Å². The predicted molar refractivity (Wildman–Crippen MR) is 131 cm³/mol. The maximum absolute atomic E-state index is 13.5. The van der Waals surface area contributed by atoms with E-state index in [0.29, 0.717) is 28.5 Å². The highest BCUT2D eigenvalue weighted by molar-refractivity contribution is 6.36. The Morgan fingerprint density at radius 3 is 2.33 bits per heavy atom. The van der Waals surface area contributed by atoms with Crippen LogP contribution < -0.4 is 5.32 Å². The first-order valence-electron chi connectivity index (χ1n) is 11.4. The quantitative estimate of drug-likeness (QED) is 0.619. The van der Waals surface area contributed by atoms with Crippen molar-refractivity contribution in [3.8, 4) is 0 Å². The third-order valence-corrected chi connectivity index (χ3v) is 6.77. The molecule has 2 aromatic carbocycles. The van der Waals surface area contributed by atoms with Crippen molar-refractivity contribution in [1.29, 1.82) is 0 Å². The minimum Gasteiger partial charge on any atom is -0.379 e. The van der Waals surface area contributed by atoms with Crippen LogP contribution in [-0.2, 0) is 14.3 Å². The molecule has 2 aliphatic rings. The molecule has 0 bridgehead atoms.